The Morgan fingerprint density at radius 2 is 0.735 bits per heavy atom. The van der Waals surface area contributed by atoms with Gasteiger partial charge in [-0.05, 0) is 77.0 Å². The van der Waals surface area contributed by atoms with E-state index in [0.717, 1.165) is 70.6 Å². The Hall–Kier alpha value is -2.32. The number of carbonyl (C=O) groups is 1. The number of carbonyl (C=O) groups excluding carboxylic acids is 1. The summed E-state index contributed by atoms with van der Waals surface area (Å²) in [5.41, 5.74) is 0. The van der Waals surface area contributed by atoms with Gasteiger partial charge in [0.1, 0.15) is 13.2 Å². The quantitative estimate of drug-likeness (QED) is 0.0243. The number of aliphatic hydroxyl groups is 1. The van der Waals surface area contributed by atoms with Gasteiger partial charge in [-0.15, -0.1) is 0 Å². The minimum atomic E-state index is -4.37. The maximum atomic E-state index is 13.1. The molecule has 1 amide bonds. The number of aliphatic hydroxyl groups excluding tert-OH is 1. The number of quaternary nitrogens is 1. The zero-order valence-electron chi connectivity index (χ0n) is 55.4. The largest absolute Gasteiger partial charge is 0.472 e. The van der Waals surface area contributed by atoms with Crippen molar-refractivity contribution in [2.75, 3.05) is 40.9 Å². The van der Waals surface area contributed by atoms with Gasteiger partial charge in [0.05, 0.1) is 39.9 Å². The summed E-state index contributed by atoms with van der Waals surface area (Å²) in [6, 6.07) is -0.869. The summed E-state index contributed by atoms with van der Waals surface area (Å²) in [6.07, 6.45) is 91.7. The third kappa shape index (κ3) is 67.1. The molecule has 0 rings (SSSR count). The fourth-order valence-electron chi connectivity index (χ4n) is 10.4. The van der Waals surface area contributed by atoms with E-state index >= 15 is 0 Å². The summed E-state index contributed by atoms with van der Waals surface area (Å²) < 4.78 is 23.8. The summed E-state index contributed by atoms with van der Waals surface area (Å²) in [6.45, 7) is 4.72. The van der Waals surface area contributed by atoms with Crippen LogP contribution in [0.15, 0.2) is 85.1 Å². The molecule has 0 heterocycles. The lowest BCUT2D eigenvalue weighted by Gasteiger charge is -2.25. The predicted molar refractivity (Wildman–Crippen MR) is 364 cm³/mol. The summed E-state index contributed by atoms with van der Waals surface area (Å²) in [4.78, 5) is 23.4. The Morgan fingerprint density at radius 1 is 0.422 bits per heavy atom. The molecule has 3 atom stereocenters. The number of phosphoric acid groups is 1. The van der Waals surface area contributed by atoms with Crippen LogP contribution in [0.25, 0.3) is 0 Å². The summed E-state index contributed by atoms with van der Waals surface area (Å²) >= 11 is 0. The lowest BCUT2D eigenvalue weighted by molar-refractivity contribution is -0.870. The second-order valence-electron chi connectivity index (χ2n) is 25.2. The monoisotopic (exact) mass is 1180 g/mol. The van der Waals surface area contributed by atoms with Crippen molar-refractivity contribution in [2.45, 2.75) is 341 Å². The first-order valence-electron chi connectivity index (χ1n) is 35.5. The van der Waals surface area contributed by atoms with E-state index in [1.54, 1.807) is 6.08 Å². The van der Waals surface area contributed by atoms with Crippen LogP contribution in [-0.4, -0.2) is 73.4 Å². The Kier molecular flexibility index (Phi) is 62.4. The second-order valence-corrected chi connectivity index (χ2v) is 26.7. The molecular formula is C74H138N2O6P+. The van der Waals surface area contributed by atoms with Crippen LogP contribution in [0.1, 0.15) is 328 Å². The van der Waals surface area contributed by atoms with Crippen molar-refractivity contribution in [1.82, 2.24) is 5.32 Å². The van der Waals surface area contributed by atoms with E-state index in [2.05, 4.69) is 92.1 Å². The molecule has 0 bridgehead atoms. The Labute approximate surface area is 516 Å². The fourth-order valence-corrected chi connectivity index (χ4v) is 11.1. The SMILES string of the molecule is CC/C=C\C/C=C\C/C=C\C/C=C\C/C=C\CCCCCCCCCCCCCCCCCC(=O)NC(COP(=O)(O)OCC[N+](C)(C)C)C(O)/C=C/CC/C=C/CCCCCCCCCCCCCCCCCCCCCCCCCC. The highest BCUT2D eigenvalue weighted by molar-refractivity contribution is 7.47. The number of hydrogen-bond donors (Lipinski definition) is 3. The van der Waals surface area contributed by atoms with E-state index in [-0.39, 0.29) is 19.1 Å². The third-order valence-electron chi connectivity index (χ3n) is 15.8. The fraction of sp³-hybridized carbons (Fsp3) is 0.797. The average Bonchev–Trinajstić information content (AvgIpc) is 3.49. The highest BCUT2D eigenvalue weighted by atomic mass is 31.2. The van der Waals surface area contributed by atoms with Gasteiger partial charge < -0.3 is 19.8 Å². The van der Waals surface area contributed by atoms with E-state index in [0.29, 0.717) is 17.4 Å². The van der Waals surface area contributed by atoms with Gasteiger partial charge in [-0.2, -0.15) is 0 Å². The van der Waals surface area contributed by atoms with Crippen molar-refractivity contribution in [2.24, 2.45) is 0 Å². The first-order chi connectivity index (χ1) is 40.5. The molecule has 8 nitrogen and oxygen atoms in total. The molecule has 0 spiro atoms. The molecule has 9 heteroatoms. The van der Waals surface area contributed by atoms with Crippen LogP contribution >= 0.6 is 7.82 Å². The minimum absolute atomic E-state index is 0.0542. The molecule has 0 aromatic rings. The van der Waals surface area contributed by atoms with Crippen molar-refractivity contribution in [3.8, 4) is 0 Å². The third-order valence-corrected chi connectivity index (χ3v) is 16.8. The highest BCUT2D eigenvalue weighted by Crippen LogP contribution is 2.43. The standard InChI is InChI=1S/C74H137N2O6P/c1-6-8-10-12-14-16-18-20-22-24-26-28-30-32-34-36-38-40-42-44-46-48-50-52-54-56-58-60-62-64-66-68-74(78)75-72(71-82-83(79,80)81-70-69-76(3,4)5)73(77)67-65-63-61-59-57-55-53-51-49-47-45-43-41-39-37-35-33-31-29-27-25-23-21-19-17-15-13-11-9-7-2/h8,10,14,16,20,22,26,28,32,34,57,59,65,67,72-73,77H,6-7,9,11-13,15,17-19,21,23-25,27,29-31,33,35-56,58,60-64,66,68-71H2,1-5H3,(H-,75,78,79,80)/p+1/b10-8-,16-14-,22-20-,28-26-,34-32-,59-57+,67-65+. The number of nitrogens with zero attached hydrogens (tertiary/aromatic N) is 1. The first-order valence-corrected chi connectivity index (χ1v) is 37.0. The number of amides is 1. The van der Waals surface area contributed by atoms with E-state index in [1.165, 1.54) is 238 Å². The smallest absolute Gasteiger partial charge is 0.387 e. The molecule has 0 aliphatic carbocycles. The number of phosphoric ester groups is 1. The molecule has 0 saturated heterocycles. The molecule has 0 aliphatic heterocycles. The van der Waals surface area contributed by atoms with E-state index in [4.69, 9.17) is 9.05 Å². The van der Waals surface area contributed by atoms with Crippen LogP contribution in [0.5, 0.6) is 0 Å². The Bertz CT molecular complexity index is 1630. The molecule has 484 valence electrons. The average molecular weight is 1180 g/mol. The molecule has 0 radical (unpaired) electrons. The van der Waals surface area contributed by atoms with Gasteiger partial charge >= 0.3 is 7.82 Å². The van der Waals surface area contributed by atoms with Gasteiger partial charge in [0, 0.05) is 6.42 Å². The molecule has 0 saturated carbocycles. The maximum absolute atomic E-state index is 13.1. The van der Waals surface area contributed by atoms with Crippen molar-refractivity contribution in [1.29, 1.82) is 0 Å². The van der Waals surface area contributed by atoms with E-state index in [1.807, 2.05) is 27.2 Å². The van der Waals surface area contributed by atoms with Gasteiger partial charge in [-0.25, -0.2) is 4.57 Å². The van der Waals surface area contributed by atoms with Crippen LogP contribution in [-0.2, 0) is 18.4 Å². The Balaban J connectivity index is 4.10. The van der Waals surface area contributed by atoms with Crippen LogP contribution in [0, 0.1) is 0 Å². The molecule has 0 aromatic heterocycles. The molecule has 0 aromatic carbocycles. The second kappa shape index (κ2) is 64.2. The van der Waals surface area contributed by atoms with Gasteiger partial charge in [-0.1, -0.05) is 330 Å². The highest BCUT2D eigenvalue weighted by Gasteiger charge is 2.28. The Morgan fingerprint density at radius 3 is 1.11 bits per heavy atom. The minimum Gasteiger partial charge on any atom is -0.387 e. The van der Waals surface area contributed by atoms with Crippen molar-refractivity contribution in [3.05, 3.63) is 85.1 Å². The summed E-state index contributed by atoms with van der Waals surface area (Å²) in [5.74, 6) is -0.185. The molecule has 3 N–H and O–H groups in total. The number of nitrogens with one attached hydrogen (secondary N) is 1. The molecule has 83 heavy (non-hydrogen) atoms. The number of likely N-dealkylation sites (N-methyl/N-ethyl adjacent to an activating group) is 1. The first kappa shape index (κ1) is 80.7. The normalized spacial score (nSPS) is 14.2. The number of unbranched alkanes of at least 4 members (excludes halogenated alkanes) is 40. The lowest BCUT2D eigenvalue weighted by Crippen LogP contribution is -2.45. The predicted octanol–water partition coefficient (Wildman–Crippen LogP) is 22.7. The maximum Gasteiger partial charge on any atom is 0.472 e. The van der Waals surface area contributed by atoms with Crippen molar-refractivity contribution >= 4 is 13.7 Å². The van der Waals surface area contributed by atoms with E-state index < -0.39 is 20.0 Å². The summed E-state index contributed by atoms with van der Waals surface area (Å²) in [7, 11) is 1.56. The van der Waals surface area contributed by atoms with Crippen LogP contribution in [0.2, 0.25) is 0 Å². The van der Waals surface area contributed by atoms with Gasteiger partial charge in [0.15, 0.2) is 0 Å². The number of allylic oxidation sites excluding steroid dienone is 13. The van der Waals surface area contributed by atoms with Crippen molar-refractivity contribution in [3.63, 3.8) is 0 Å². The number of rotatable bonds is 65. The van der Waals surface area contributed by atoms with Crippen LogP contribution in [0.3, 0.4) is 0 Å². The zero-order valence-corrected chi connectivity index (χ0v) is 56.3. The van der Waals surface area contributed by atoms with Gasteiger partial charge in [0.2, 0.25) is 5.91 Å². The zero-order chi connectivity index (χ0) is 60.5. The van der Waals surface area contributed by atoms with Crippen LogP contribution < -0.4 is 5.32 Å². The van der Waals surface area contributed by atoms with E-state index in [9.17, 15) is 19.4 Å². The molecule has 3 unspecified atom stereocenters. The van der Waals surface area contributed by atoms with Crippen molar-refractivity contribution < 1.29 is 32.9 Å². The lowest BCUT2D eigenvalue weighted by atomic mass is 10.0. The molecule has 0 fully saturated rings. The van der Waals surface area contributed by atoms with Gasteiger partial charge in [0.25, 0.3) is 0 Å². The van der Waals surface area contributed by atoms with Gasteiger partial charge in [-0.3, -0.25) is 13.8 Å². The van der Waals surface area contributed by atoms with Crippen LogP contribution in [0.4, 0.5) is 0 Å². The summed E-state index contributed by atoms with van der Waals surface area (Å²) in [5, 5.41) is 14.0. The number of hydrogen-bond acceptors (Lipinski definition) is 5. The topological polar surface area (TPSA) is 105 Å². The molecule has 0 aliphatic rings. The molecular weight excluding hydrogens is 1040 g/mol.